The predicted molar refractivity (Wildman–Crippen MR) is 180 cm³/mol. The lowest BCUT2D eigenvalue weighted by Gasteiger charge is -2.70. The van der Waals surface area contributed by atoms with E-state index in [4.69, 9.17) is 27.9 Å². The molecule has 1 aromatic rings. The zero-order valence-corrected chi connectivity index (χ0v) is 29.9. The molecule has 0 saturated heterocycles. The van der Waals surface area contributed by atoms with Crippen molar-refractivity contribution in [3.8, 4) is 0 Å². The lowest BCUT2D eigenvalue weighted by molar-refractivity contribution is -0.210. The van der Waals surface area contributed by atoms with Crippen LogP contribution < -0.4 is 5.32 Å². The number of carbonyl (C=O) groups excluding carboxylic acids is 3. The molecule has 0 unspecified atom stereocenters. The number of fused-ring (bicyclic) bond motifs is 7. The van der Waals surface area contributed by atoms with Crippen LogP contribution in [0, 0.1) is 50.2 Å². The number of ketones is 1. The number of carbonyl (C=O) groups is 3. The lowest BCUT2D eigenvalue weighted by Crippen LogP contribution is -2.66. The molecule has 7 heteroatoms. The first kappa shape index (κ1) is 33.1. The number of hydrogen-bond donors (Lipinski definition) is 1. The highest BCUT2D eigenvalue weighted by Crippen LogP contribution is 2.75. The molecule has 9 atom stereocenters. The number of anilines is 1. The van der Waals surface area contributed by atoms with Gasteiger partial charge in [-0.25, -0.2) is 0 Å². The molecule has 5 nitrogen and oxygen atoms in total. The molecule has 0 spiro atoms. The summed E-state index contributed by atoms with van der Waals surface area (Å²) in [7, 11) is 0. The van der Waals surface area contributed by atoms with Crippen LogP contribution in [0.1, 0.15) is 113 Å². The fourth-order valence-corrected chi connectivity index (χ4v) is 11.9. The second kappa shape index (κ2) is 10.6. The summed E-state index contributed by atoms with van der Waals surface area (Å²) in [4.78, 5) is 40.6. The van der Waals surface area contributed by atoms with Crippen LogP contribution in [0.15, 0.2) is 29.8 Å². The van der Waals surface area contributed by atoms with E-state index in [0.29, 0.717) is 21.7 Å². The first-order valence-corrected chi connectivity index (χ1v) is 17.8. The molecule has 5 aliphatic rings. The predicted octanol–water partition coefficient (Wildman–Crippen LogP) is 9.84. The number of benzene rings is 1. The van der Waals surface area contributed by atoms with Crippen LogP contribution in [0.25, 0.3) is 0 Å². The topological polar surface area (TPSA) is 72.5 Å². The van der Waals surface area contributed by atoms with Crippen molar-refractivity contribution in [3.05, 3.63) is 39.9 Å². The number of amides is 1. The number of halogens is 2. The molecule has 1 aromatic carbocycles. The van der Waals surface area contributed by atoms with Gasteiger partial charge in [-0.3, -0.25) is 14.4 Å². The summed E-state index contributed by atoms with van der Waals surface area (Å²) in [6.07, 6.45) is 10.3. The molecule has 1 N–H and O–H groups in total. The Bertz CT molecular complexity index is 1490. The van der Waals surface area contributed by atoms with Gasteiger partial charge in [0.05, 0.1) is 10.0 Å². The van der Waals surface area contributed by atoms with Crippen molar-refractivity contribution in [3.63, 3.8) is 0 Å². The van der Waals surface area contributed by atoms with Gasteiger partial charge in [0.2, 0.25) is 5.91 Å². The fourth-order valence-electron chi connectivity index (χ4n) is 11.6. The van der Waals surface area contributed by atoms with Gasteiger partial charge in [-0.2, -0.15) is 0 Å². The van der Waals surface area contributed by atoms with Gasteiger partial charge in [-0.15, -0.1) is 0 Å². The number of allylic oxidation sites excluding steroid dienone is 2. The summed E-state index contributed by atoms with van der Waals surface area (Å²) >= 11 is 12.4. The summed E-state index contributed by atoms with van der Waals surface area (Å²) in [6.45, 7) is 17.7. The molecule has 246 valence electrons. The third-order valence-corrected chi connectivity index (χ3v) is 15.3. The SMILES string of the molecule is CC(=O)O[C@H]1CC[C@@]2(C)[C@H](CC[C@]3(C)[C@@H]2C(=O)C=C2[C@H]4C[C@@](C)(C(=O)Nc5ccc(Cl)c(Cl)c5)CC[C@]4(C)CC[C@@]23C)C1(C)C. The summed E-state index contributed by atoms with van der Waals surface area (Å²) in [5.41, 5.74) is 0.752. The lowest BCUT2D eigenvalue weighted by atomic mass is 9.33. The highest BCUT2D eigenvalue weighted by atomic mass is 35.5. The molecule has 4 fully saturated rings. The average Bonchev–Trinajstić information content (AvgIpc) is 2.94. The Morgan fingerprint density at radius 2 is 1.58 bits per heavy atom. The van der Waals surface area contributed by atoms with Crippen LogP contribution in [0.2, 0.25) is 10.0 Å². The van der Waals surface area contributed by atoms with Crippen molar-refractivity contribution in [1.82, 2.24) is 0 Å². The van der Waals surface area contributed by atoms with E-state index in [2.05, 4.69) is 59.9 Å². The maximum atomic E-state index is 14.7. The Morgan fingerprint density at radius 3 is 2.24 bits per heavy atom. The van der Waals surface area contributed by atoms with Gasteiger partial charge in [-0.05, 0) is 116 Å². The van der Waals surface area contributed by atoms with Gasteiger partial charge in [0.25, 0.3) is 0 Å². The van der Waals surface area contributed by atoms with Gasteiger partial charge >= 0.3 is 5.97 Å². The van der Waals surface area contributed by atoms with Crippen molar-refractivity contribution in [2.24, 2.45) is 50.2 Å². The quantitative estimate of drug-likeness (QED) is 0.329. The third kappa shape index (κ3) is 4.79. The van der Waals surface area contributed by atoms with E-state index in [9.17, 15) is 14.4 Å². The van der Waals surface area contributed by atoms with Gasteiger partial charge in [0.1, 0.15) is 6.10 Å². The van der Waals surface area contributed by atoms with Crippen LogP contribution >= 0.6 is 23.2 Å². The Labute approximate surface area is 279 Å². The van der Waals surface area contributed by atoms with Gasteiger partial charge in [0, 0.05) is 29.4 Å². The largest absolute Gasteiger partial charge is 0.462 e. The smallest absolute Gasteiger partial charge is 0.302 e. The zero-order chi connectivity index (χ0) is 33.0. The summed E-state index contributed by atoms with van der Waals surface area (Å²) < 4.78 is 5.87. The second-order valence-corrected chi connectivity index (χ2v) is 18.1. The van der Waals surface area contributed by atoms with E-state index in [0.717, 1.165) is 57.8 Å². The fraction of sp³-hybridized carbons (Fsp3) is 0.711. The van der Waals surface area contributed by atoms with E-state index < -0.39 is 5.41 Å². The zero-order valence-electron chi connectivity index (χ0n) is 28.4. The first-order valence-electron chi connectivity index (χ1n) is 17.0. The van der Waals surface area contributed by atoms with Crippen molar-refractivity contribution < 1.29 is 19.1 Å². The van der Waals surface area contributed by atoms with E-state index >= 15 is 0 Å². The van der Waals surface area contributed by atoms with Crippen molar-refractivity contribution in [2.45, 2.75) is 119 Å². The molecule has 45 heavy (non-hydrogen) atoms. The number of ether oxygens (including phenoxy) is 1. The molecule has 4 saturated carbocycles. The van der Waals surface area contributed by atoms with Gasteiger partial charge < -0.3 is 10.1 Å². The summed E-state index contributed by atoms with van der Waals surface area (Å²) in [5, 5.41) is 4.01. The standard InChI is InChI=1S/C38H51Cl2NO4/c1-22(42)45-30-12-13-36(6)29(33(30,2)3)11-14-38(8)31(36)28(43)20-24-25-21-35(5,16-15-34(25,4)17-18-37(24,38)7)32(44)41-23-9-10-26(39)27(40)19-23/h9-10,19-20,25,29-31H,11-18,21H2,1-8H3,(H,41,44)/t25-,29-,30+,31-,34-,35+,36+,37+,38-/m1/s1. The maximum absolute atomic E-state index is 14.7. The molecule has 5 aliphatic carbocycles. The number of nitrogens with one attached hydrogen (secondary N) is 1. The van der Waals surface area contributed by atoms with Crippen molar-refractivity contribution in [2.75, 3.05) is 5.32 Å². The highest BCUT2D eigenvalue weighted by molar-refractivity contribution is 6.42. The molecular weight excluding hydrogens is 605 g/mol. The minimum atomic E-state index is -0.570. The van der Waals surface area contributed by atoms with E-state index in [1.54, 1.807) is 18.2 Å². The Hall–Kier alpha value is -1.85. The highest BCUT2D eigenvalue weighted by Gasteiger charge is 2.70. The minimum Gasteiger partial charge on any atom is -0.462 e. The molecule has 0 radical (unpaired) electrons. The molecule has 6 rings (SSSR count). The van der Waals surface area contributed by atoms with E-state index in [1.807, 2.05) is 0 Å². The minimum absolute atomic E-state index is 0.00169. The molecule has 0 aromatic heterocycles. The van der Waals surface area contributed by atoms with Crippen molar-refractivity contribution in [1.29, 1.82) is 0 Å². The first-order chi connectivity index (χ1) is 20.8. The Balaban J connectivity index is 1.34. The maximum Gasteiger partial charge on any atom is 0.302 e. The molecular formula is C38H51Cl2NO4. The van der Waals surface area contributed by atoms with Crippen LogP contribution in [0.3, 0.4) is 0 Å². The molecule has 0 heterocycles. The molecule has 0 aliphatic heterocycles. The van der Waals surface area contributed by atoms with E-state index in [-0.39, 0.29) is 62.7 Å². The number of rotatable bonds is 3. The Morgan fingerprint density at radius 1 is 0.889 bits per heavy atom. The van der Waals surface area contributed by atoms with E-state index in [1.165, 1.54) is 12.5 Å². The Kier molecular flexibility index (Phi) is 7.77. The third-order valence-electron chi connectivity index (χ3n) is 14.5. The number of hydrogen-bond acceptors (Lipinski definition) is 4. The monoisotopic (exact) mass is 655 g/mol. The van der Waals surface area contributed by atoms with Gasteiger partial charge in [0.15, 0.2) is 5.78 Å². The summed E-state index contributed by atoms with van der Waals surface area (Å²) in [6, 6.07) is 5.21. The normalized spacial score (nSPS) is 43.5. The molecule has 0 bridgehead atoms. The average molecular weight is 657 g/mol. The molecule has 1 amide bonds. The van der Waals surface area contributed by atoms with Crippen LogP contribution in [-0.4, -0.2) is 23.8 Å². The summed E-state index contributed by atoms with van der Waals surface area (Å²) in [5.74, 6) is 0.435. The van der Waals surface area contributed by atoms with Crippen LogP contribution in [0.5, 0.6) is 0 Å². The van der Waals surface area contributed by atoms with Crippen LogP contribution in [0.4, 0.5) is 5.69 Å². The van der Waals surface area contributed by atoms with Crippen molar-refractivity contribution >= 4 is 46.5 Å². The number of esters is 1. The second-order valence-electron chi connectivity index (χ2n) is 17.3. The van der Waals surface area contributed by atoms with Gasteiger partial charge in [-0.1, -0.05) is 77.2 Å². The van der Waals surface area contributed by atoms with Crippen LogP contribution in [-0.2, 0) is 19.1 Å².